The number of carbonyl (C=O) groups is 1. The third kappa shape index (κ3) is 3.86. The van der Waals surface area contributed by atoms with Crippen LogP contribution in [0, 0.1) is 0 Å². The van der Waals surface area contributed by atoms with Crippen molar-refractivity contribution >= 4 is 16.9 Å². The van der Waals surface area contributed by atoms with Gasteiger partial charge in [-0.3, -0.25) is 19.7 Å². The van der Waals surface area contributed by atoms with Gasteiger partial charge < -0.3 is 10.2 Å². The van der Waals surface area contributed by atoms with Crippen LogP contribution in [0.3, 0.4) is 0 Å². The van der Waals surface area contributed by atoms with Crippen molar-refractivity contribution in [3.63, 3.8) is 0 Å². The zero-order valence-electron chi connectivity index (χ0n) is 15.4. The van der Waals surface area contributed by atoms with Crippen LogP contribution >= 0.6 is 0 Å². The van der Waals surface area contributed by atoms with Crippen molar-refractivity contribution < 1.29 is 4.79 Å². The lowest BCUT2D eigenvalue weighted by molar-refractivity contribution is 0.0766. The molecule has 1 amide bonds. The first-order chi connectivity index (χ1) is 12.7. The van der Waals surface area contributed by atoms with Gasteiger partial charge in [0.15, 0.2) is 0 Å². The van der Waals surface area contributed by atoms with E-state index in [-0.39, 0.29) is 11.9 Å². The Morgan fingerprint density at radius 1 is 1.08 bits per heavy atom. The number of fused-ring (bicyclic) bond motifs is 1. The number of carbonyl (C=O) groups excluding carboxylic acids is 1. The van der Waals surface area contributed by atoms with Gasteiger partial charge in [0.25, 0.3) is 5.91 Å². The van der Waals surface area contributed by atoms with Crippen LogP contribution in [-0.2, 0) is 0 Å². The van der Waals surface area contributed by atoms with Gasteiger partial charge in [0.1, 0.15) is 0 Å². The lowest BCUT2D eigenvalue weighted by Crippen LogP contribution is -2.53. The van der Waals surface area contributed by atoms with Gasteiger partial charge >= 0.3 is 0 Å². The second-order valence-corrected chi connectivity index (χ2v) is 7.60. The lowest BCUT2D eigenvalue weighted by Gasteiger charge is -2.41. The van der Waals surface area contributed by atoms with E-state index in [1.807, 2.05) is 18.2 Å². The predicted molar refractivity (Wildman–Crippen MR) is 102 cm³/mol. The molecule has 1 aromatic carbocycles. The van der Waals surface area contributed by atoms with E-state index < -0.39 is 0 Å². The van der Waals surface area contributed by atoms with Crippen LogP contribution in [-0.4, -0.2) is 71.0 Å². The standard InChI is InChI=1S/C20H27N5O/c1-24-11-6-17(7-12-24)25-10-2-3-16(14-25)23-20(26)15-4-5-18-19(13-15)22-9-8-21-18/h4-5,8-9,13,16-17H,2-3,6-7,10-12,14H2,1H3,(H,23,26)/t16-/m0/s1. The van der Waals surface area contributed by atoms with Gasteiger partial charge in [0, 0.05) is 36.6 Å². The fourth-order valence-corrected chi connectivity index (χ4v) is 4.19. The third-order valence-electron chi connectivity index (χ3n) is 5.72. The maximum absolute atomic E-state index is 12.7. The molecule has 2 fully saturated rings. The summed E-state index contributed by atoms with van der Waals surface area (Å²) in [7, 11) is 2.20. The summed E-state index contributed by atoms with van der Waals surface area (Å²) in [6.07, 6.45) is 8.01. The molecule has 138 valence electrons. The lowest BCUT2D eigenvalue weighted by atomic mass is 9.98. The van der Waals surface area contributed by atoms with Crippen LogP contribution in [0.1, 0.15) is 36.0 Å². The molecular weight excluding hydrogens is 326 g/mol. The first kappa shape index (κ1) is 17.4. The summed E-state index contributed by atoms with van der Waals surface area (Å²) < 4.78 is 0. The van der Waals surface area contributed by atoms with Crippen molar-refractivity contribution in [3.05, 3.63) is 36.2 Å². The summed E-state index contributed by atoms with van der Waals surface area (Å²) in [5.41, 5.74) is 2.24. The highest BCUT2D eigenvalue weighted by molar-refractivity contribution is 5.97. The molecule has 1 atom stereocenters. The molecule has 0 radical (unpaired) electrons. The molecule has 3 heterocycles. The van der Waals surface area contributed by atoms with Gasteiger partial charge in [-0.15, -0.1) is 0 Å². The smallest absolute Gasteiger partial charge is 0.251 e. The zero-order valence-corrected chi connectivity index (χ0v) is 15.4. The molecule has 4 rings (SSSR count). The average molecular weight is 353 g/mol. The number of amides is 1. The first-order valence-corrected chi connectivity index (χ1v) is 9.63. The van der Waals surface area contributed by atoms with E-state index in [1.165, 1.54) is 25.9 Å². The Labute approximate surface area is 154 Å². The number of nitrogens with one attached hydrogen (secondary N) is 1. The molecule has 0 bridgehead atoms. The summed E-state index contributed by atoms with van der Waals surface area (Å²) in [6.45, 7) is 4.48. The number of hydrogen-bond donors (Lipinski definition) is 1. The van der Waals surface area contributed by atoms with E-state index in [4.69, 9.17) is 0 Å². The number of hydrogen-bond acceptors (Lipinski definition) is 5. The number of aromatic nitrogens is 2. The van der Waals surface area contributed by atoms with Gasteiger partial charge in [-0.25, -0.2) is 0 Å². The van der Waals surface area contributed by atoms with Crippen molar-refractivity contribution in [2.75, 3.05) is 33.2 Å². The monoisotopic (exact) mass is 353 g/mol. The van der Waals surface area contributed by atoms with Gasteiger partial charge in [-0.2, -0.15) is 0 Å². The molecule has 26 heavy (non-hydrogen) atoms. The SMILES string of the molecule is CN1CCC(N2CCC[C@H](NC(=O)c3ccc4nccnc4c3)C2)CC1. The highest BCUT2D eigenvalue weighted by Gasteiger charge is 2.28. The van der Waals surface area contributed by atoms with Crippen molar-refractivity contribution in [1.82, 2.24) is 25.1 Å². The Hall–Kier alpha value is -2.05. The van der Waals surface area contributed by atoms with E-state index in [0.717, 1.165) is 37.0 Å². The Bertz CT molecular complexity index is 772. The molecule has 0 unspecified atom stereocenters. The van der Waals surface area contributed by atoms with E-state index in [2.05, 4.69) is 32.1 Å². The Morgan fingerprint density at radius 2 is 1.85 bits per heavy atom. The maximum Gasteiger partial charge on any atom is 0.251 e. The third-order valence-corrected chi connectivity index (χ3v) is 5.72. The molecule has 1 N–H and O–H groups in total. The molecule has 2 aromatic rings. The van der Waals surface area contributed by atoms with Crippen LogP contribution in [0.15, 0.2) is 30.6 Å². The van der Waals surface area contributed by atoms with E-state index in [1.54, 1.807) is 12.4 Å². The van der Waals surface area contributed by atoms with E-state index in [0.29, 0.717) is 11.6 Å². The number of likely N-dealkylation sites (tertiary alicyclic amines) is 2. The van der Waals surface area contributed by atoms with Gasteiger partial charge in [-0.05, 0) is 70.6 Å². The quantitative estimate of drug-likeness (QED) is 0.913. The number of benzene rings is 1. The van der Waals surface area contributed by atoms with Crippen LogP contribution in [0.4, 0.5) is 0 Å². The number of piperidine rings is 2. The molecule has 0 spiro atoms. The highest BCUT2D eigenvalue weighted by atomic mass is 16.1. The minimum absolute atomic E-state index is 0.00668. The minimum atomic E-state index is -0.00668. The zero-order chi connectivity index (χ0) is 17.9. The maximum atomic E-state index is 12.7. The second kappa shape index (κ2) is 7.68. The molecule has 6 nitrogen and oxygen atoms in total. The van der Waals surface area contributed by atoms with Crippen LogP contribution in [0.5, 0.6) is 0 Å². The van der Waals surface area contributed by atoms with Crippen molar-refractivity contribution in [2.45, 2.75) is 37.8 Å². The fourth-order valence-electron chi connectivity index (χ4n) is 4.19. The Kier molecular flexibility index (Phi) is 5.13. The number of rotatable bonds is 3. The largest absolute Gasteiger partial charge is 0.348 e. The van der Waals surface area contributed by atoms with Gasteiger partial charge in [0.05, 0.1) is 11.0 Å². The predicted octanol–water partition coefficient (Wildman–Crippen LogP) is 1.92. The molecule has 0 aliphatic carbocycles. The molecule has 2 aliphatic heterocycles. The first-order valence-electron chi connectivity index (χ1n) is 9.63. The van der Waals surface area contributed by atoms with Crippen molar-refractivity contribution in [3.8, 4) is 0 Å². The van der Waals surface area contributed by atoms with Crippen molar-refractivity contribution in [1.29, 1.82) is 0 Å². The van der Waals surface area contributed by atoms with Crippen LogP contribution in [0.2, 0.25) is 0 Å². The summed E-state index contributed by atoms with van der Waals surface area (Å²) in [4.78, 5) is 26.2. The fraction of sp³-hybridized carbons (Fsp3) is 0.550. The highest BCUT2D eigenvalue weighted by Crippen LogP contribution is 2.21. The number of nitrogens with zero attached hydrogens (tertiary/aromatic N) is 4. The summed E-state index contributed by atoms with van der Waals surface area (Å²) in [5, 5.41) is 3.24. The second-order valence-electron chi connectivity index (χ2n) is 7.60. The Morgan fingerprint density at radius 3 is 2.65 bits per heavy atom. The molecule has 1 aromatic heterocycles. The molecular formula is C20H27N5O. The van der Waals surface area contributed by atoms with E-state index in [9.17, 15) is 4.79 Å². The van der Waals surface area contributed by atoms with Gasteiger partial charge in [0.2, 0.25) is 0 Å². The van der Waals surface area contributed by atoms with Crippen molar-refractivity contribution in [2.24, 2.45) is 0 Å². The summed E-state index contributed by atoms with van der Waals surface area (Å²) >= 11 is 0. The normalized spacial score (nSPS) is 23.2. The van der Waals surface area contributed by atoms with E-state index >= 15 is 0 Å². The Balaban J connectivity index is 1.38. The summed E-state index contributed by atoms with van der Waals surface area (Å²) in [6, 6.07) is 6.43. The molecule has 0 saturated carbocycles. The molecule has 6 heteroatoms. The van der Waals surface area contributed by atoms with Gasteiger partial charge in [-0.1, -0.05) is 0 Å². The molecule has 2 saturated heterocycles. The topological polar surface area (TPSA) is 61.4 Å². The molecule has 2 aliphatic rings. The average Bonchev–Trinajstić information content (AvgIpc) is 2.68. The minimum Gasteiger partial charge on any atom is -0.348 e. The van der Waals surface area contributed by atoms with Crippen LogP contribution in [0.25, 0.3) is 11.0 Å². The summed E-state index contributed by atoms with van der Waals surface area (Å²) in [5.74, 6) is -0.00668. The van der Waals surface area contributed by atoms with Crippen LogP contribution < -0.4 is 5.32 Å².